The first-order valence-corrected chi connectivity index (χ1v) is 8.53. The first-order valence-electron chi connectivity index (χ1n) is 8.53. The van der Waals surface area contributed by atoms with Gasteiger partial charge in [0, 0.05) is 12.4 Å². The summed E-state index contributed by atoms with van der Waals surface area (Å²) >= 11 is 0. The van der Waals surface area contributed by atoms with Gasteiger partial charge in [-0.25, -0.2) is 4.98 Å². The van der Waals surface area contributed by atoms with Crippen molar-refractivity contribution in [3.63, 3.8) is 0 Å². The molecule has 0 spiro atoms. The minimum absolute atomic E-state index is 0.624. The molecule has 0 unspecified atom stereocenters. The summed E-state index contributed by atoms with van der Waals surface area (Å²) in [5.74, 6) is 0. The molecule has 0 atom stereocenters. The van der Waals surface area contributed by atoms with Gasteiger partial charge >= 0.3 is 6.18 Å². The fraction of sp³-hybridized carbons (Fsp3) is 0.0455. The summed E-state index contributed by atoms with van der Waals surface area (Å²) in [7, 11) is 0. The maximum atomic E-state index is 12.9. The average Bonchev–Trinajstić information content (AvgIpc) is 2.74. The van der Waals surface area contributed by atoms with Crippen molar-refractivity contribution in [1.29, 1.82) is 0 Å². The highest BCUT2D eigenvalue weighted by Gasteiger charge is 2.30. The first-order chi connectivity index (χ1) is 13.5. The number of alkyl halides is 3. The summed E-state index contributed by atoms with van der Waals surface area (Å²) in [6, 6.07) is 19.7. The third-order valence-corrected chi connectivity index (χ3v) is 4.23. The second-order valence-corrected chi connectivity index (χ2v) is 6.13. The first kappa shape index (κ1) is 17.9. The van der Waals surface area contributed by atoms with E-state index in [1.54, 1.807) is 12.4 Å². The minimum Gasteiger partial charge on any atom is -0.255 e. The second kappa shape index (κ2) is 7.23. The molecule has 3 aromatic heterocycles. The molecule has 3 nitrogen and oxygen atoms in total. The van der Waals surface area contributed by atoms with E-state index in [0.29, 0.717) is 28.3 Å². The molecule has 4 rings (SSSR count). The molecule has 0 amide bonds. The van der Waals surface area contributed by atoms with E-state index in [1.807, 2.05) is 48.5 Å². The molecule has 0 saturated carbocycles. The van der Waals surface area contributed by atoms with Crippen LogP contribution in [0.2, 0.25) is 0 Å². The zero-order chi connectivity index (χ0) is 19.6. The van der Waals surface area contributed by atoms with E-state index in [9.17, 15) is 13.2 Å². The Hall–Kier alpha value is -3.54. The molecule has 0 aliphatic heterocycles. The molecule has 4 aromatic rings. The van der Waals surface area contributed by atoms with Crippen LogP contribution in [-0.4, -0.2) is 15.0 Å². The normalized spacial score (nSPS) is 11.4. The Balaban J connectivity index is 1.85. The third-order valence-electron chi connectivity index (χ3n) is 4.23. The van der Waals surface area contributed by atoms with Crippen LogP contribution < -0.4 is 0 Å². The molecule has 0 bridgehead atoms. The molecule has 0 fully saturated rings. The van der Waals surface area contributed by atoms with Crippen LogP contribution in [-0.2, 0) is 6.18 Å². The lowest BCUT2D eigenvalue weighted by Gasteiger charge is -2.11. The van der Waals surface area contributed by atoms with Gasteiger partial charge in [-0.1, -0.05) is 24.3 Å². The Kier molecular flexibility index (Phi) is 4.61. The number of nitrogens with zero attached hydrogens (tertiary/aromatic N) is 3. The van der Waals surface area contributed by atoms with E-state index >= 15 is 0 Å². The molecule has 0 aliphatic carbocycles. The predicted molar refractivity (Wildman–Crippen MR) is 101 cm³/mol. The fourth-order valence-electron chi connectivity index (χ4n) is 2.84. The lowest BCUT2D eigenvalue weighted by atomic mass is 10.0. The summed E-state index contributed by atoms with van der Waals surface area (Å²) in [4.78, 5) is 13.3. The fourth-order valence-corrected chi connectivity index (χ4v) is 2.84. The molecule has 138 valence electrons. The predicted octanol–water partition coefficient (Wildman–Crippen LogP) is 5.89. The van der Waals surface area contributed by atoms with Crippen molar-refractivity contribution in [2.45, 2.75) is 6.18 Å². The average molecular weight is 377 g/mol. The molecule has 0 N–H and O–H groups in total. The molecule has 0 aliphatic rings. The lowest BCUT2D eigenvalue weighted by molar-refractivity contribution is -0.137. The number of hydrogen-bond donors (Lipinski definition) is 0. The second-order valence-electron chi connectivity index (χ2n) is 6.13. The van der Waals surface area contributed by atoms with Gasteiger partial charge in [-0.3, -0.25) is 9.97 Å². The van der Waals surface area contributed by atoms with Crippen molar-refractivity contribution in [2.75, 3.05) is 0 Å². The number of halogens is 3. The van der Waals surface area contributed by atoms with Crippen molar-refractivity contribution in [3.8, 4) is 33.9 Å². The molecule has 28 heavy (non-hydrogen) atoms. The molecule has 3 heterocycles. The molecular formula is C22H14F3N3. The van der Waals surface area contributed by atoms with Crippen LogP contribution >= 0.6 is 0 Å². The number of hydrogen-bond acceptors (Lipinski definition) is 3. The quantitative estimate of drug-likeness (QED) is 0.447. The van der Waals surface area contributed by atoms with Crippen LogP contribution in [0.3, 0.4) is 0 Å². The minimum atomic E-state index is -4.37. The number of aromatic nitrogens is 3. The summed E-state index contributed by atoms with van der Waals surface area (Å²) in [5, 5.41) is 0. The van der Waals surface area contributed by atoms with Crippen molar-refractivity contribution < 1.29 is 13.2 Å². The molecule has 0 saturated heterocycles. The van der Waals surface area contributed by atoms with E-state index in [4.69, 9.17) is 0 Å². The third kappa shape index (κ3) is 3.76. The largest absolute Gasteiger partial charge is 0.416 e. The summed E-state index contributed by atoms with van der Waals surface area (Å²) < 4.78 is 38.6. The number of rotatable bonds is 3. The van der Waals surface area contributed by atoms with Crippen LogP contribution in [0.4, 0.5) is 13.2 Å². The monoisotopic (exact) mass is 377 g/mol. The van der Waals surface area contributed by atoms with E-state index in [-0.39, 0.29) is 0 Å². The van der Waals surface area contributed by atoms with Crippen molar-refractivity contribution >= 4 is 0 Å². The Bertz CT molecular complexity index is 1020. The van der Waals surface area contributed by atoms with Crippen LogP contribution in [0.1, 0.15) is 5.56 Å². The van der Waals surface area contributed by atoms with Crippen LogP contribution in [0.15, 0.2) is 85.2 Å². The maximum absolute atomic E-state index is 12.9. The van der Waals surface area contributed by atoms with Gasteiger partial charge in [-0.15, -0.1) is 0 Å². The highest BCUT2D eigenvalue weighted by Crippen LogP contribution is 2.33. The van der Waals surface area contributed by atoms with Crippen LogP contribution in [0.25, 0.3) is 33.9 Å². The van der Waals surface area contributed by atoms with Crippen molar-refractivity contribution in [2.24, 2.45) is 0 Å². The standard InChI is InChI=1S/C22H14F3N3/c23-22(24,25)17-9-7-15(8-10-17)16-13-20(18-5-1-3-11-26-18)28-21(14-16)19-6-2-4-12-27-19/h1-14H. The Morgan fingerprint density at radius 1 is 0.571 bits per heavy atom. The summed E-state index contributed by atoms with van der Waals surface area (Å²) in [5.41, 5.74) is 3.31. The smallest absolute Gasteiger partial charge is 0.255 e. The maximum Gasteiger partial charge on any atom is 0.416 e. The van der Waals surface area contributed by atoms with Gasteiger partial charge in [-0.05, 0) is 59.7 Å². The summed E-state index contributed by atoms with van der Waals surface area (Å²) in [6.45, 7) is 0. The van der Waals surface area contributed by atoms with Gasteiger partial charge < -0.3 is 0 Å². The van der Waals surface area contributed by atoms with Crippen LogP contribution in [0, 0.1) is 0 Å². The Labute approximate surface area is 159 Å². The van der Waals surface area contributed by atoms with E-state index in [2.05, 4.69) is 15.0 Å². The van der Waals surface area contributed by atoms with Gasteiger partial charge in [0.05, 0.1) is 28.3 Å². The van der Waals surface area contributed by atoms with Gasteiger partial charge in [0.2, 0.25) is 0 Å². The lowest BCUT2D eigenvalue weighted by Crippen LogP contribution is -2.04. The van der Waals surface area contributed by atoms with Gasteiger partial charge in [0.15, 0.2) is 0 Å². The SMILES string of the molecule is FC(F)(F)c1ccc(-c2cc(-c3ccccn3)nc(-c3ccccn3)c2)cc1. The van der Waals surface area contributed by atoms with Crippen molar-refractivity contribution in [1.82, 2.24) is 15.0 Å². The molecule has 6 heteroatoms. The summed E-state index contributed by atoms with van der Waals surface area (Å²) in [6.07, 6.45) is -1.03. The zero-order valence-electron chi connectivity index (χ0n) is 14.6. The van der Waals surface area contributed by atoms with Crippen LogP contribution in [0.5, 0.6) is 0 Å². The Morgan fingerprint density at radius 2 is 1.11 bits per heavy atom. The van der Waals surface area contributed by atoms with Gasteiger partial charge in [0.25, 0.3) is 0 Å². The number of pyridine rings is 3. The van der Waals surface area contributed by atoms with E-state index < -0.39 is 11.7 Å². The van der Waals surface area contributed by atoms with Gasteiger partial charge in [0.1, 0.15) is 0 Å². The van der Waals surface area contributed by atoms with Crippen molar-refractivity contribution in [3.05, 3.63) is 90.8 Å². The van der Waals surface area contributed by atoms with E-state index in [1.165, 1.54) is 12.1 Å². The molecule has 0 radical (unpaired) electrons. The van der Waals surface area contributed by atoms with Gasteiger partial charge in [-0.2, -0.15) is 13.2 Å². The highest BCUT2D eigenvalue weighted by molar-refractivity contribution is 5.74. The highest BCUT2D eigenvalue weighted by atomic mass is 19.4. The topological polar surface area (TPSA) is 38.7 Å². The van der Waals surface area contributed by atoms with E-state index in [0.717, 1.165) is 17.7 Å². The number of benzene rings is 1. The zero-order valence-corrected chi connectivity index (χ0v) is 14.6. The molecular weight excluding hydrogens is 363 g/mol. The molecule has 1 aromatic carbocycles. The Morgan fingerprint density at radius 3 is 1.54 bits per heavy atom.